The van der Waals surface area contributed by atoms with Crippen molar-refractivity contribution in [3.05, 3.63) is 71.8 Å². The molecule has 6 heteroatoms. The molecule has 0 aliphatic carbocycles. The highest BCUT2D eigenvalue weighted by Crippen LogP contribution is 2.17. The predicted octanol–water partition coefficient (Wildman–Crippen LogP) is 2.65. The van der Waals surface area contributed by atoms with Crippen molar-refractivity contribution in [3.63, 3.8) is 0 Å². The Morgan fingerprint density at radius 1 is 1.09 bits per heavy atom. The van der Waals surface area contributed by atoms with Crippen LogP contribution in [0, 0.1) is 5.82 Å². The fourth-order valence-corrected chi connectivity index (χ4v) is 2.05. The van der Waals surface area contributed by atoms with Gasteiger partial charge < -0.3 is 4.74 Å². The lowest BCUT2D eigenvalue weighted by Crippen LogP contribution is -2.10. The van der Waals surface area contributed by atoms with E-state index in [0.717, 1.165) is 0 Å². The molecule has 0 saturated carbocycles. The van der Waals surface area contributed by atoms with Crippen molar-refractivity contribution in [1.29, 1.82) is 0 Å². The molecule has 0 unspecified atom stereocenters. The zero-order valence-electron chi connectivity index (χ0n) is 11.7. The Labute approximate surface area is 126 Å². The Balaban J connectivity index is 1.97. The summed E-state index contributed by atoms with van der Waals surface area (Å²) in [5, 5.41) is 7.73. The zero-order chi connectivity index (χ0) is 15.5. The normalized spacial score (nSPS) is 10.5. The van der Waals surface area contributed by atoms with E-state index in [1.54, 1.807) is 31.4 Å². The third kappa shape index (κ3) is 2.58. The van der Waals surface area contributed by atoms with E-state index >= 15 is 0 Å². The first kappa shape index (κ1) is 13.9. The van der Waals surface area contributed by atoms with Gasteiger partial charge in [-0.25, -0.2) is 9.07 Å². The van der Waals surface area contributed by atoms with Gasteiger partial charge in [0.25, 0.3) is 0 Å². The summed E-state index contributed by atoms with van der Waals surface area (Å²) in [6, 6.07) is 12.4. The van der Waals surface area contributed by atoms with E-state index < -0.39 is 5.82 Å². The molecule has 0 spiro atoms. The molecule has 0 bridgehead atoms. The molecule has 0 amide bonds. The van der Waals surface area contributed by atoms with E-state index in [9.17, 15) is 9.18 Å². The van der Waals surface area contributed by atoms with E-state index in [1.807, 2.05) is 0 Å². The summed E-state index contributed by atoms with van der Waals surface area (Å²) >= 11 is 0. The van der Waals surface area contributed by atoms with Gasteiger partial charge in [-0.2, -0.15) is 0 Å². The van der Waals surface area contributed by atoms with Crippen LogP contribution in [0.4, 0.5) is 4.39 Å². The van der Waals surface area contributed by atoms with Gasteiger partial charge in [-0.15, -0.1) is 5.10 Å². The number of carbonyl (C=O) groups is 1. The molecule has 0 saturated heterocycles. The molecule has 22 heavy (non-hydrogen) atoms. The molecule has 0 N–H and O–H groups in total. The van der Waals surface area contributed by atoms with Gasteiger partial charge >= 0.3 is 0 Å². The SMILES string of the molecule is COc1ccc(-n2nncc2C(=O)c2ccc(F)cc2)cc1. The van der Waals surface area contributed by atoms with Crippen molar-refractivity contribution in [2.75, 3.05) is 7.11 Å². The van der Waals surface area contributed by atoms with Gasteiger partial charge in [0.05, 0.1) is 19.0 Å². The highest BCUT2D eigenvalue weighted by atomic mass is 19.1. The molecule has 3 aromatic rings. The lowest BCUT2D eigenvalue weighted by atomic mass is 10.1. The second kappa shape index (κ2) is 5.77. The standard InChI is InChI=1S/C16H12FN3O2/c1-22-14-8-6-13(7-9-14)20-15(10-18-19-20)16(21)11-2-4-12(17)5-3-11/h2-10H,1H3. The van der Waals surface area contributed by atoms with Crippen LogP contribution in [-0.2, 0) is 0 Å². The van der Waals surface area contributed by atoms with Gasteiger partial charge in [0.15, 0.2) is 0 Å². The number of rotatable bonds is 4. The summed E-state index contributed by atoms with van der Waals surface area (Å²) < 4.78 is 19.5. The molecule has 0 radical (unpaired) electrons. The Morgan fingerprint density at radius 3 is 2.41 bits per heavy atom. The minimum atomic E-state index is -0.390. The number of ether oxygens (including phenoxy) is 1. The van der Waals surface area contributed by atoms with E-state index in [-0.39, 0.29) is 5.78 Å². The Hall–Kier alpha value is -3.02. The number of carbonyl (C=O) groups excluding carboxylic acids is 1. The quantitative estimate of drug-likeness (QED) is 0.695. The van der Waals surface area contributed by atoms with Crippen molar-refractivity contribution in [2.24, 2.45) is 0 Å². The first-order chi connectivity index (χ1) is 10.7. The molecule has 3 rings (SSSR count). The summed E-state index contributed by atoms with van der Waals surface area (Å²) in [5.41, 5.74) is 1.36. The van der Waals surface area contributed by atoms with Crippen molar-refractivity contribution >= 4 is 5.78 Å². The molecular weight excluding hydrogens is 285 g/mol. The van der Waals surface area contributed by atoms with Crippen molar-refractivity contribution < 1.29 is 13.9 Å². The number of hydrogen-bond acceptors (Lipinski definition) is 4. The Kier molecular flexibility index (Phi) is 3.65. The van der Waals surface area contributed by atoms with Gasteiger partial charge in [0, 0.05) is 5.56 Å². The average Bonchev–Trinajstić information content (AvgIpc) is 3.04. The first-order valence-corrected chi connectivity index (χ1v) is 6.54. The van der Waals surface area contributed by atoms with Gasteiger partial charge in [0.2, 0.25) is 5.78 Å². The molecule has 0 aliphatic heterocycles. The van der Waals surface area contributed by atoms with Gasteiger partial charge in [0.1, 0.15) is 17.3 Å². The monoisotopic (exact) mass is 297 g/mol. The smallest absolute Gasteiger partial charge is 0.213 e. The number of methoxy groups -OCH3 is 1. The maximum Gasteiger partial charge on any atom is 0.213 e. The minimum absolute atomic E-state index is 0.277. The largest absolute Gasteiger partial charge is 0.497 e. The molecule has 0 aliphatic rings. The van der Waals surface area contributed by atoms with Crippen LogP contribution in [0.25, 0.3) is 5.69 Å². The molecular formula is C16H12FN3O2. The Bertz CT molecular complexity index is 795. The number of hydrogen-bond donors (Lipinski definition) is 0. The summed E-state index contributed by atoms with van der Waals surface area (Å²) in [5.74, 6) is 0.0365. The van der Waals surface area contributed by atoms with Crippen LogP contribution < -0.4 is 4.74 Å². The number of halogens is 1. The predicted molar refractivity (Wildman–Crippen MR) is 77.7 cm³/mol. The molecule has 1 heterocycles. The van der Waals surface area contributed by atoms with Crippen LogP contribution in [0.2, 0.25) is 0 Å². The van der Waals surface area contributed by atoms with E-state index in [4.69, 9.17) is 4.74 Å². The highest BCUT2D eigenvalue weighted by molar-refractivity contribution is 6.07. The zero-order valence-corrected chi connectivity index (χ0v) is 11.7. The lowest BCUT2D eigenvalue weighted by Gasteiger charge is -2.06. The second-order valence-corrected chi connectivity index (χ2v) is 4.57. The van der Waals surface area contributed by atoms with Crippen LogP contribution in [0.3, 0.4) is 0 Å². The molecule has 0 atom stereocenters. The summed E-state index contributed by atoms with van der Waals surface area (Å²) in [6.45, 7) is 0. The highest BCUT2D eigenvalue weighted by Gasteiger charge is 2.16. The van der Waals surface area contributed by atoms with Crippen molar-refractivity contribution in [2.45, 2.75) is 0 Å². The van der Waals surface area contributed by atoms with Crippen LogP contribution in [0.15, 0.2) is 54.7 Å². The van der Waals surface area contributed by atoms with Crippen LogP contribution in [0.1, 0.15) is 16.1 Å². The van der Waals surface area contributed by atoms with Crippen molar-refractivity contribution in [3.8, 4) is 11.4 Å². The molecule has 0 fully saturated rings. The number of ketones is 1. The minimum Gasteiger partial charge on any atom is -0.497 e. The maximum atomic E-state index is 13.0. The van der Waals surface area contributed by atoms with E-state index in [1.165, 1.54) is 35.1 Å². The maximum absolute atomic E-state index is 13.0. The Morgan fingerprint density at radius 2 is 1.77 bits per heavy atom. The van der Waals surface area contributed by atoms with Crippen LogP contribution >= 0.6 is 0 Å². The van der Waals surface area contributed by atoms with Gasteiger partial charge in [-0.05, 0) is 48.5 Å². The third-order valence-electron chi connectivity index (χ3n) is 3.21. The molecule has 1 aromatic heterocycles. The lowest BCUT2D eigenvalue weighted by molar-refractivity contribution is 0.103. The summed E-state index contributed by atoms with van der Waals surface area (Å²) in [7, 11) is 1.58. The molecule has 2 aromatic carbocycles. The number of nitrogens with zero attached hydrogens (tertiary/aromatic N) is 3. The number of benzene rings is 2. The van der Waals surface area contributed by atoms with E-state index in [2.05, 4.69) is 10.3 Å². The van der Waals surface area contributed by atoms with Gasteiger partial charge in [-0.1, -0.05) is 5.21 Å². The van der Waals surface area contributed by atoms with E-state index in [0.29, 0.717) is 22.7 Å². The van der Waals surface area contributed by atoms with Crippen LogP contribution in [0.5, 0.6) is 5.75 Å². The van der Waals surface area contributed by atoms with Crippen molar-refractivity contribution in [1.82, 2.24) is 15.0 Å². The van der Waals surface area contributed by atoms with Gasteiger partial charge in [-0.3, -0.25) is 4.79 Å². The third-order valence-corrected chi connectivity index (χ3v) is 3.21. The fraction of sp³-hybridized carbons (Fsp3) is 0.0625. The first-order valence-electron chi connectivity index (χ1n) is 6.54. The number of aromatic nitrogens is 3. The summed E-state index contributed by atoms with van der Waals surface area (Å²) in [4.78, 5) is 12.5. The fourth-order valence-electron chi connectivity index (χ4n) is 2.05. The summed E-state index contributed by atoms with van der Waals surface area (Å²) in [6.07, 6.45) is 1.38. The van der Waals surface area contributed by atoms with Crippen LogP contribution in [-0.4, -0.2) is 27.9 Å². The average molecular weight is 297 g/mol. The molecule has 5 nitrogen and oxygen atoms in total. The molecule has 110 valence electrons. The topological polar surface area (TPSA) is 57.0 Å². The second-order valence-electron chi connectivity index (χ2n) is 4.57.